The second kappa shape index (κ2) is 16.9. The van der Waals surface area contributed by atoms with E-state index in [9.17, 15) is 43.2 Å². The lowest BCUT2D eigenvalue weighted by molar-refractivity contribution is -0.138. The molecule has 1 fully saturated rings. The highest BCUT2D eigenvalue weighted by Crippen LogP contribution is 2.60. The molecule has 20 nitrogen and oxygen atoms in total. The largest absolute Gasteiger partial charge is 0.514 e. The molecule has 22 heteroatoms. The van der Waals surface area contributed by atoms with Gasteiger partial charge in [-0.3, -0.25) is 23.8 Å². The van der Waals surface area contributed by atoms with E-state index >= 15 is 0 Å². The van der Waals surface area contributed by atoms with Crippen LogP contribution in [0.4, 0.5) is 21.1 Å². The van der Waals surface area contributed by atoms with Gasteiger partial charge in [0.05, 0.1) is 12.8 Å². The number of hydrogen-bond acceptors (Lipinski definition) is 14. The van der Waals surface area contributed by atoms with Crippen LogP contribution in [0.25, 0.3) is 0 Å². The van der Waals surface area contributed by atoms with E-state index in [2.05, 4.69) is 19.9 Å². The predicted octanol–water partition coefficient (Wildman–Crippen LogP) is 2.24. The van der Waals surface area contributed by atoms with Crippen LogP contribution in [0, 0.1) is 0 Å². The van der Waals surface area contributed by atoms with Crippen molar-refractivity contribution < 1.29 is 66.6 Å². The van der Waals surface area contributed by atoms with E-state index in [0.717, 1.165) is 10.8 Å². The van der Waals surface area contributed by atoms with Gasteiger partial charge in [0.25, 0.3) is 0 Å². The van der Waals surface area contributed by atoms with Crippen molar-refractivity contribution in [2.24, 2.45) is 5.73 Å². The normalized spacial score (nSPS) is 21.6. The van der Waals surface area contributed by atoms with Crippen LogP contribution in [0.3, 0.4) is 0 Å². The first kappa shape index (κ1) is 38.3. The zero-order valence-electron chi connectivity index (χ0n) is 25.8. The fourth-order valence-corrected chi connectivity index (χ4v) is 7.15. The number of nitrogens with two attached hydrogens (primary N) is 1. The van der Waals surface area contributed by atoms with Crippen LogP contribution in [0.5, 0.6) is 5.75 Å². The van der Waals surface area contributed by atoms with Gasteiger partial charge in [-0.2, -0.15) is 4.98 Å². The van der Waals surface area contributed by atoms with Gasteiger partial charge in [-0.25, -0.2) is 23.3 Å². The topological polar surface area (TPSA) is 297 Å². The lowest BCUT2D eigenvalue weighted by Crippen LogP contribution is -2.40. The zero-order chi connectivity index (χ0) is 36.5. The number of carbonyl (C=O) groups is 3. The Morgan fingerprint density at radius 3 is 2.32 bits per heavy atom. The van der Waals surface area contributed by atoms with Crippen LogP contribution in [-0.2, 0) is 32.2 Å². The Kier molecular flexibility index (Phi) is 13.0. The Morgan fingerprint density at radius 2 is 1.68 bits per heavy atom. The molecular weight excluding hydrogens is 708 g/mol. The molecule has 1 aliphatic rings. The number of ether oxygens (including phenoxy) is 3. The lowest BCUT2D eigenvalue weighted by Gasteiger charge is -2.21. The third kappa shape index (κ3) is 11.3. The predicted molar refractivity (Wildman–Crippen MR) is 171 cm³/mol. The smallest absolute Gasteiger partial charge is 0.480 e. The average Bonchev–Trinajstić information content (AvgIpc) is 3.34. The van der Waals surface area contributed by atoms with Crippen molar-refractivity contribution in [1.29, 1.82) is 0 Å². The van der Waals surface area contributed by atoms with Gasteiger partial charge in [0, 0.05) is 11.9 Å². The molecule has 0 radical (unpaired) electrons. The number of benzene rings is 2. The molecule has 8 N–H and O–H groups in total. The highest BCUT2D eigenvalue weighted by atomic mass is 31.3. The van der Waals surface area contributed by atoms with Gasteiger partial charge in [-0.05, 0) is 43.2 Å². The second-order valence-electron chi connectivity index (χ2n) is 10.5. The van der Waals surface area contributed by atoms with Crippen LogP contribution in [0.2, 0.25) is 0 Å². The summed E-state index contributed by atoms with van der Waals surface area (Å²) in [7, 11) is -10.1. The maximum absolute atomic E-state index is 13.1. The number of aliphatic hydroxyl groups excluding tert-OH is 1. The van der Waals surface area contributed by atoms with Crippen molar-refractivity contribution in [2.75, 3.05) is 23.4 Å². The highest BCUT2D eigenvalue weighted by Gasteiger charge is 2.49. The van der Waals surface area contributed by atoms with Crippen LogP contribution in [-0.4, -0.2) is 84.8 Å². The summed E-state index contributed by atoms with van der Waals surface area (Å²) in [5.74, 6) is -1.46. The number of phosphoric acid groups is 1. The summed E-state index contributed by atoms with van der Waals surface area (Å²) in [5, 5.41) is 24.8. The SMILES string of the molecule is NC(CCCP(=O)(O)OP(=O)(O)OC[C@H]1O[C@@H](n2ccc(NC(=O)Nc3ccccc3)nc2=O)C(OC(=O)Oc2ccccc2)[C@H]1O)C(=O)O. The summed E-state index contributed by atoms with van der Waals surface area (Å²) in [5.41, 5.74) is 4.75. The van der Waals surface area contributed by atoms with Crippen LogP contribution < -0.4 is 26.8 Å². The lowest BCUT2D eigenvalue weighted by atomic mass is 10.1. The number of rotatable bonds is 15. The molecule has 270 valence electrons. The number of anilines is 2. The molecule has 0 saturated carbocycles. The fourth-order valence-electron chi connectivity index (χ4n) is 4.43. The van der Waals surface area contributed by atoms with Gasteiger partial charge < -0.3 is 45.3 Å². The van der Waals surface area contributed by atoms with Gasteiger partial charge in [-0.1, -0.05) is 36.4 Å². The number of aromatic nitrogens is 2. The van der Waals surface area contributed by atoms with Gasteiger partial charge in [0.1, 0.15) is 29.8 Å². The Morgan fingerprint density at radius 1 is 1.02 bits per heavy atom. The van der Waals surface area contributed by atoms with Gasteiger partial charge >= 0.3 is 39.3 Å². The third-order valence-corrected chi connectivity index (χ3v) is 9.98. The minimum absolute atomic E-state index is 0.0714. The minimum Gasteiger partial charge on any atom is -0.480 e. The van der Waals surface area contributed by atoms with Crippen molar-refractivity contribution in [1.82, 2.24) is 9.55 Å². The zero-order valence-corrected chi connectivity index (χ0v) is 27.6. The number of hydrogen-bond donors (Lipinski definition) is 7. The number of amides is 2. The number of aliphatic carboxylic acids is 1. The number of carboxylic acid groups (broad SMARTS) is 1. The molecule has 4 unspecified atom stereocenters. The molecule has 2 heterocycles. The summed E-state index contributed by atoms with van der Waals surface area (Å²) in [6, 6.07) is 15.2. The summed E-state index contributed by atoms with van der Waals surface area (Å²) >= 11 is 0. The van der Waals surface area contributed by atoms with E-state index in [4.69, 9.17) is 29.6 Å². The van der Waals surface area contributed by atoms with Gasteiger partial charge in [-0.15, -0.1) is 0 Å². The molecule has 1 aromatic heterocycles. The number of nitrogens with one attached hydrogen (secondary N) is 2. The molecule has 1 aliphatic heterocycles. The first-order chi connectivity index (χ1) is 23.6. The number of urea groups is 1. The number of carboxylic acids is 1. The third-order valence-electron chi connectivity index (χ3n) is 6.77. The molecule has 1 saturated heterocycles. The van der Waals surface area contributed by atoms with E-state index in [1.807, 2.05) is 0 Å². The van der Waals surface area contributed by atoms with Crippen molar-refractivity contribution in [3.63, 3.8) is 0 Å². The van der Waals surface area contributed by atoms with E-state index in [-0.39, 0.29) is 24.4 Å². The Labute approximate surface area is 282 Å². The quantitative estimate of drug-likeness (QED) is 0.0667. The summed E-state index contributed by atoms with van der Waals surface area (Å²) in [6.45, 7) is -0.996. The fraction of sp³-hybridized carbons (Fsp3) is 0.321. The Hall–Kier alpha value is -4.49. The maximum atomic E-state index is 13.1. The molecule has 4 rings (SSSR count). The molecule has 3 aromatic rings. The molecular formula is C28H33N5O15P2. The first-order valence-corrected chi connectivity index (χ1v) is 17.9. The van der Waals surface area contributed by atoms with Crippen molar-refractivity contribution in [3.05, 3.63) is 83.4 Å². The van der Waals surface area contributed by atoms with Crippen molar-refractivity contribution in [2.45, 2.75) is 43.4 Å². The first-order valence-electron chi connectivity index (χ1n) is 14.6. The maximum Gasteiger partial charge on any atom is 0.514 e. The molecule has 2 amide bonds. The van der Waals surface area contributed by atoms with Crippen molar-refractivity contribution in [3.8, 4) is 5.75 Å². The summed E-state index contributed by atoms with van der Waals surface area (Å²) < 4.78 is 50.9. The van der Waals surface area contributed by atoms with Crippen LogP contribution in [0.1, 0.15) is 19.1 Å². The molecule has 0 bridgehead atoms. The van der Waals surface area contributed by atoms with E-state index in [1.165, 1.54) is 18.2 Å². The monoisotopic (exact) mass is 741 g/mol. The van der Waals surface area contributed by atoms with Crippen LogP contribution >= 0.6 is 15.4 Å². The molecule has 7 atom stereocenters. The standard InChI is InChI=1S/C28H33N5O15P2/c29-19(25(35)36)12-7-15-49(40,41)48-50(42,43)44-16-20-22(34)23(47-28(39)45-18-10-5-2-6-11-18)24(46-20)33-14-13-21(32-27(33)38)31-26(37)30-17-8-3-1-4-9-17/h1-6,8-11,13-14,19-20,22-24,34H,7,12,15-16,29H2,(H,35,36)(H,40,41)(H,42,43)(H2,30,31,32,37,38)/t19?,20-,22+,23?,24-/m1/s1. The molecule has 2 aromatic carbocycles. The Balaban J connectivity index is 1.46. The van der Waals surface area contributed by atoms with E-state index < -0.39 is 82.6 Å². The molecule has 0 spiro atoms. The highest BCUT2D eigenvalue weighted by molar-refractivity contribution is 7.64. The summed E-state index contributed by atoms with van der Waals surface area (Å²) in [6.07, 6.45) is -8.28. The minimum atomic E-state index is -5.33. The average molecular weight is 742 g/mol. The van der Waals surface area contributed by atoms with Crippen molar-refractivity contribution >= 4 is 45.1 Å². The molecule has 0 aliphatic carbocycles. The number of nitrogens with zero attached hydrogens (tertiary/aromatic N) is 2. The Bertz CT molecular complexity index is 1800. The van der Waals surface area contributed by atoms with Crippen LogP contribution in [0.15, 0.2) is 77.7 Å². The number of para-hydroxylation sites is 2. The number of carbonyl (C=O) groups excluding carboxylic acids is 2. The van der Waals surface area contributed by atoms with Gasteiger partial charge in [0.2, 0.25) is 0 Å². The van der Waals surface area contributed by atoms with Gasteiger partial charge in [0.15, 0.2) is 12.3 Å². The molecule has 50 heavy (non-hydrogen) atoms. The number of aliphatic hydroxyl groups is 1. The number of phosphoric ester groups is 1. The van der Waals surface area contributed by atoms with E-state index in [0.29, 0.717) is 5.69 Å². The van der Waals surface area contributed by atoms with E-state index in [1.54, 1.807) is 48.5 Å². The summed E-state index contributed by atoms with van der Waals surface area (Å²) in [4.78, 5) is 72.7. The second-order valence-corrected chi connectivity index (χ2v) is 14.1.